The molecule has 0 aromatic carbocycles. The number of nitrogens with zero attached hydrogens (tertiary/aromatic N) is 4. The summed E-state index contributed by atoms with van der Waals surface area (Å²) in [6.07, 6.45) is 1.37. The third-order valence-electron chi connectivity index (χ3n) is 2.55. The molecule has 1 amide bonds. The maximum absolute atomic E-state index is 11.8. The molecule has 2 rings (SSSR count). The van der Waals surface area contributed by atoms with E-state index in [4.69, 9.17) is 5.73 Å². The number of nitrogen functional groups attached to an aromatic ring is 1. The van der Waals surface area contributed by atoms with Crippen LogP contribution in [0.1, 0.15) is 0 Å². The van der Waals surface area contributed by atoms with Gasteiger partial charge in [-0.25, -0.2) is 18.1 Å². The van der Waals surface area contributed by atoms with Crippen molar-refractivity contribution >= 4 is 21.7 Å². The summed E-state index contributed by atoms with van der Waals surface area (Å²) in [4.78, 5) is 17.0. The molecule has 1 aromatic heterocycles. The van der Waals surface area contributed by atoms with Crippen LogP contribution < -0.4 is 5.73 Å². The molecule has 0 aliphatic carbocycles. The summed E-state index contributed by atoms with van der Waals surface area (Å²) in [7, 11) is -2.97. The zero-order valence-electron chi connectivity index (χ0n) is 9.11. The first-order valence-corrected chi connectivity index (χ1v) is 6.91. The van der Waals surface area contributed by atoms with Gasteiger partial charge in [0.15, 0.2) is 9.84 Å². The minimum absolute atomic E-state index is 0.0260. The predicted molar refractivity (Wildman–Crippen MR) is 59.7 cm³/mol. The summed E-state index contributed by atoms with van der Waals surface area (Å²) in [5.74, 6) is -0.0138. The molecular weight excluding hydrogens is 246 g/mol. The average molecular weight is 259 g/mol. The smallest absolute Gasteiger partial charge is 0.244 e. The molecule has 0 atom stereocenters. The number of sulfone groups is 1. The monoisotopic (exact) mass is 259 g/mol. The second-order valence-corrected chi connectivity index (χ2v) is 6.14. The van der Waals surface area contributed by atoms with Crippen molar-refractivity contribution < 1.29 is 13.2 Å². The SMILES string of the molecule is Nc1ncn(CC(=O)N2CCS(=O)(=O)CC2)n1. The van der Waals surface area contributed by atoms with Crippen molar-refractivity contribution in [3.63, 3.8) is 0 Å². The van der Waals surface area contributed by atoms with Gasteiger partial charge in [0, 0.05) is 13.1 Å². The van der Waals surface area contributed by atoms with E-state index in [9.17, 15) is 13.2 Å². The summed E-state index contributed by atoms with van der Waals surface area (Å²) in [5.41, 5.74) is 5.32. The average Bonchev–Trinajstić information content (AvgIpc) is 2.63. The van der Waals surface area contributed by atoms with Crippen molar-refractivity contribution in [2.45, 2.75) is 6.54 Å². The van der Waals surface area contributed by atoms with Gasteiger partial charge in [-0.1, -0.05) is 0 Å². The van der Waals surface area contributed by atoms with Gasteiger partial charge in [-0.15, -0.1) is 5.10 Å². The Hall–Kier alpha value is -1.64. The topological polar surface area (TPSA) is 111 Å². The van der Waals surface area contributed by atoms with Crippen LogP contribution in [0.5, 0.6) is 0 Å². The van der Waals surface area contributed by atoms with Gasteiger partial charge in [0.05, 0.1) is 11.5 Å². The first-order chi connectivity index (χ1) is 7.96. The van der Waals surface area contributed by atoms with E-state index >= 15 is 0 Å². The quantitative estimate of drug-likeness (QED) is 0.665. The standard InChI is InChI=1S/C8H13N5O3S/c9-8-10-6-13(11-8)5-7(14)12-1-3-17(15,16)4-2-12/h6H,1-5H2,(H2,9,11). The lowest BCUT2D eigenvalue weighted by Crippen LogP contribution is -2.45. The van der Waals surface area contributed by atoms with Crippen LogP contribution in [0.4, 0.5) is 5.95 Å². The highest BCUT2D eigenvalue weighted by Gasteiger charge is 2.25. The van der Waals surface area contributed by atoms with Crippen LogP contribution in [0.15, 0.2) is 6.33 Å². The molecule has 2 heterocycles. The molecule has 1 saturated heterocycles. The van der Waals surface area contributed by atoms with Gasteiger partial charge in [-0.2, -0.15) is 0 Å². The Morgan fingerprint density at radius 2 is 2.06 bits per heavy atom. The van der Waals surface area contributed by atoms with Crippen molar-refractivity contribution in [2.75, 3.05) is 30.3 Å². The Labute approximate surface area is 98.3 Å². The second kappa shape index (κ2) is 4.32. The highest BCUT2D eigenvalue weighted by molar-refractivity contribution is 7.91. The minimum Gasteiger partial charge on any atom is -0.367 e. The van der Waals surface area contributed by atoms with E-state index in [1.807, 2.05) is 0 Å². The number of aromatic nitrogens is 3. The van der Waals surface area contributed by atoms with E-state index < -0.39 is 9.84 Å². The van der Waals surface area contributed by atoms with Gasteiger partial charge in [-0.05, 0) is 0 Å². The van der Waals surface area contributed by atoms with E-state index in [2.05, 4.69) is 10.1 Å². The van der Waals surface area contributed by atoms with E-state index in [0.29, 0.717) is 0 Å². The minimum atomic E-state index is -2.97. The Morgan fingerprint density at radius 3 is 2.59 bits per heavy atom. The number of hydrogen-bond donors (Lipinski definition) is 1. The third-order valence-corrected chi connectivity index (χ3v) is 4.16. The van der Waals surface area contributed by atoms with Crippen LogP contribution in [0.25, 0.3) is 0 Å². The lowest BCUT2D eigenvalue weighted by Gasteiger charge is -2.26. The lowest BCUT2D eigenvalue weighted by molar-refractivity contribution is -0.131. The van der Waals surface area contributed by atoms with Gasteiger partial charge in [0.2, 0.25) is 11.9 Å². The molecule has 1 aromatic rings. The number of carbonyl (C=O) groups is 1. The van der Waals surface area contributed by atoms with Crippen LogP contribution in [0.3, 0.4) is 0 Å². The fourth-order valence-corrected chi connectivity index (χ4v) is 2.79. The van der Waals surface area contributed by atoms with Gasteiger partial charge in [-0.3, -0.25) is 4.79 Å². The normalized spacial score (nSPS) is 19.2. The fraction of sp³-hybridized carbons (Fsp3) is 0.625. The molecule has 0 bridgehead atoms. The number of amides is 1. The number of nitrogens with two attached hydrogens (primary N) is 1. The third kappa shape index (κ3) is 2.93. The first kappa shape index (κ1) is 11.8. The molecule has 1 fully saturated rings. The zero-order chi connectivity index (χ0) is 12.5. The van der Waals surface area contributed by atoms with Crippen LogP contribution >= 0.6 is 0 Å². The van der Waals surface area contributed by atoms with E-state index in [1.54, 1.807) is 0 Å². The number of anilines is 1. The molecule has 2 N–H and O–H groups in total. The Balaban J connectivity index is 1.93. The molecule has 0 unspecified atom stereocenters. The molecule has 8 nitrogen and oxygen atoms in total. The summed E-state index contributed by atoms with van der Waals surface area (Å²) in [6, 6.07) is 0. The van der Waals surface area contributed by atoms with E-state index in [1.165, 1.54) is 15.9 Å². The maximum atomic E-state index is 11.8. The number of carbonyl (C=O) groups excluding carboxylic acids is 1. The molecule has 17 heavy (non-hydrogen) atoms. The molecule has 0 saturated carbocycles. The summed E-state index contributed by atoms with van der Waals surface area (Å²) in [6.45, 7) is 0.515. The molecule has 94 valence electrons. The van der Waals surface area contributed by atoms with Gasteiger partial charge >= 0.3 is 0 Å². The van der Waals surface area contributed by atoms with Crippen LogP contribution in [0, 0.1) is 0 Å². The van der Waals surface area contributed by atoms with E-state index in [0.717, 1.165) is 0 Å². The number of hydrogen-bond acceptors (Lipinski definition) is 6. The molecule has 9 heteroatoms. The molecule has 0 spiro atoms. The van der Waals surface area contributed by atoms with Crippen molar-refractivity contribution in [3.05, 3.63) is 6.33 Å². The molecule has 1 aliphatic rings. The fourth-order valence-electron chi connectivity index (χ4n) is 1.59. The Bertz CT molecular complexity index is 509. The molecular formula is C8H13N5O3S. The highest BCUT2D eigenvalue weighted by atomic mass is 32.2. The largest absolute Gasteiger partial charge is 0.367 e. The first-order valence-electron chi connectivity index (χ1n) is 5.09. The van der Waals surface area contributed by atoms with Crippen LogP contribution in [-0.4, -0.2) is 58.6 Å². The second-order valence-electron chi connectivity index (χ2n) is 3.83. The lowest BCUT2D eigenvalue weighted by atomic mass is 10.4. The zero-order valence-corrected chi connectivity index (χ0v) is 9.93. The summed E-state index contributed by atoms with van der Waals surface area (Å²) >= 11 is 0. The van der Waals surface area contributed by atoms with Gasteiger partial charge in [0.1, 0.15) is 12.9 Å². The van der Waals surface area contributed by atoms with Crippen molar-refractivity contribution in [3.8, 4) is 0 Å². The highest BCUT2D eigenvalue weighted by Crippen LogP contribution is 2.04. The maximum Gasteiger partial charge on any atom is 0.244 e. The Morgan fingerprint density at radius 1 is 1.41 bits per heavy atom. The van der Waals surface area contributed by atoms with Crippen molar-refractivity contribution in [1.82, 2.24) is 19.7 Å². The Kier molecular flexibility index (Phi) is 3.01. The molecule has 0 radical (unpaired) electrons. The molecule has 1 aliphatic heterocycles. The van der Waals surface area contributed by atoms with Gasteiger partial charge in [0.25, 0.3) is 0 Å². The summed E-state index contributed by atoms with van der Waals surface area (Å²) < 4.78 is 23.7. The predicted octanol–water partition coefficient (Wildman–Crippen LogP) is -1.88. The summed E-state index contributed by atoms with van der Waals surface area (Å²) in [5, 5.41) is 3.79. The van der Waals surface area contributed by atoms with Crippen LogP contribution in [0.2, 0.25) is 0 Å². The number of rotatable bonds is 2. The van der Waals surface area contributed by atoms with Crippen molar-refractivity contribution in [2.24, 2.45) is 0 Å². The van der Waals surface area contributed by atoms with Gasteiger partial charge < -0.3 is 10.6 Å². The van der Waals surface area contributed by atoms with E-state index in [-0.39, 0.29) is 43.0 Å². The van der Waals surface area contributed by atoms with Crippen molar-refractivity contribution in [1.29, 1.82) is 0 Å². The van der Waals surface area contributed by atoms with Crippen LogP contribution in [-0.2, 0) is 21.2 Å².